The van der Waals surface area contributed by atoms with Crippen molar-refractivity contribution in [2.45, 2.75) is 36.1 Å². The Morgan fingerprint density at radius 2 is 1.80 bits per heavy atom. The van der Waals surface area contributed by atoms with Gasteiger partial charge in [-0.05, 0) is 54.4 Å². The lowest BCUT2D eigenvalue weighted by Gasteiger charge is -2.11. The number of nitrogens with one attached hydrogen (secondary N) is 1. The van der Waals surface area contributed by atoms with Crippen molar-refractivity contribution in [3.8, 4) is 0 Å². The van der Waals surface area contributed by atoms with Crippen LogP contribution in [0.25, 0.3) is 0 Å². The number of hydrogen-bond acceptors (Lipinski definition) is 2. The van der Waals surface area contributed by atoms with Gasteiger partial charge in [0.2, 0.25) is 0 Å². The predicted molar refractivity (Wildman–Crippen MR) is 88.9 cm³/mol. The van der Waals surface area contributed by atoms with Gasteiger partial charge in [-0.15, -0.1) is 0 Å². The number of rotatable bonds is 5. The molecule has 0 bridgehead atoms. The van der Waals surface area contributed by atoms with Crippen LogP contribution in [0.15, 0.2) is 52.3 Å². The molecule has 0 saturated heterocycles. The highest BCUT2D eigenvalue weighted by Gasteiger charge is 2.06. The topological polar surface area (TPSA) is 12.0 Å². The van der Waals surface area contributed by atoms with E-state index in [1.165, 1.54) is 20.9 Å². The van der Waals surface area contributed by atoms with Crippen LogP contribution >= 0.6 is 23.4 Å². The molecule has 2 aromatic rings. The van der Waals surface area contributed by atoms with Crippen LogP contribution in [-0.4, -0.2) is 7.05 Å². The van der Waals surface area contributed by atoms with E-state index in [0.717, 1.165) is 11.6 Å². The summed E-state index contributed by atoms with van der Waals surface area (Å²) < 4.78 is 0. The maximum Gasteiger partial charge on any atom is 0.0410 e. The summed E-state index contributed by atoms with van der Waals surface area (Å²) in [5.74, 6) is 0.574. The molecule has 0 aliphatic carbocycles. The molecule has 0 radical (unpaired) electrons. The molecule has 1 N–H and O–H groups in total. The van der Waals surface area contributed by atoms with Gasteiger partial charge in [-0.3, -0.25) is 0 Å². The van der Waals surface area contributed by atoms with Crippen molar-refractivity contribution in [3.05, 3.63) is 58.6 Å². The number of hydrogen-bond donors (Lipinski definition) is 1. The normalized spacial score (nSPS) is 11.1. The summed E-state index contributed by atoms with van der Waals surface area (Å²) in [7, 11) is 1.95. The third kappa shape index (κ3) is 4.02. The zero-order chi connectivity index (χ0) is 14.5. The van der Waals surface area contributed by atoms with Crippen molar-refractivity contribution in [2.24, 2.45) is 0 Å². The third-order valence-electron chi connectivity index (χ3n) is 3.16. The number of benzene rings is 2. The maximum absolute atomic E-state index is 6.07. The van der Waals surface area contributed by atoms with Crippen LogP contribution < -0.4 is 5.32 Å². The molecule has 0 spiro atoms. The molecular weight excluding hydrogens is 286 g/mol. The Labute approximate surface area is 130 Å². The first-order chi connectivity index (χ1) is 9.60. The van der Waals surface area contributed by atoms with Crippen molar-refractivity contribution in [1.29, 1.82) is 0 Å². The van der Waals surface area contributed by atoms with Crippen LogP contribution in [0.3, 0.4) is 0 Å². The molecule has 20 heavy (non-hydrogen) atoms. The zero-order valence-corrected chi connectivity index (χ0v) is 13.7. The predicted octanol–water partition coefficient (Wildman–Crippen LogP) is 5.33. The molecule has 0 heterocycles. The van der Waals surface area contributed by atoms with Crippen LogP contribution in [0.1, 0.15) is 30.9 Å². The molecule has 3 heteroatoms. The van der Waals surface area contributed by atoms with Crippen LogP contribution in [0, 0.1) is 0 Å². The van der Waals surface area contributed by atoms with Gasteiger partial charge in [0, 0.05) is 21.4 Å². The van der Waals surface area contributed by atoms with Gasteiger partial charge in [0.15, 0.2) is 0 Å². The lowest BCUT2D eigenvalue weighted by atomic mass is 10.0. The summed E-state index contributed by atoms with van der Waals surface area (Å²) >= 11 is 7.86. The highest BCUT2D eigenvalue weighted by atomic mass is 35.5. The summed E-state index contributed by atoms with van der Waals surface area (Å²) in [6.45, 7) is 5.26. The van der Waals surface area contributed by atoms with Gasteiger partial charge >= 0.3 is 0 Å². The van der Waals surface area contributed by atoms with Gasteiger partial charge in [-0.2, -0.15) is 0 Å². The Kier molecular flexibility index (Phi) is 5.53. The molecule has 0 saturated carbocycles. The molecule has 106 valence electrons. The van der Waals surface area contributed by atoms with E-state index in [1.807, 2.05) is 19.2 Å². The fourth-order valence-electron chi connectivity index (χ4n) is 2.02. The van der Waals surface area contributed by atoms with Crippen molar-refractivity contribution in [3.63, 3.8) is 0 Å². The molecule has 0 atom stereocenters. The van der Waals surface area contributed by atoms with Crippen LogP contribution in [-0.2, 0) is 6.54 Å². The van der Waals surface area contributed by atoms with Gasteiger partial charge in [-0.1, -0.05) is 49.3 Å². The summed E-state index contributed by atoms with van der Waals surface area (Å²) in [4.78, 5) is 2.51. The standard InChI is InChI=1S/C17H20ClNS/c1-12(2)13-4-7-16(8-5-13)20-17-9-6-15(18)10-14(17)11-19-3/h4-10,12,19H,11H2,1-3H3. The molecule has 0 aromatic heterocycles. The Morgan fingerprint density at radius 3 is 2.40 bits per heavy atom. The molecule has 2 rings (SSSR count). The lowest BCUT2D eigenvalue weighted by molar-refractivity contribution is 0.803. The monoisotopic (exact) mass is 305 g/mol. The van der Waals surface area contributed by atoms with Gasteiger partial charge in [0.1, 0.15) is 0 Å². The zero-order valence-electron chi connectivity index (χ0n) is 12.1. The van der Waals surface area contributed by atoms with Gasteiger partial charge in [-0.25, -0.2) is 0 Å². The third-order valence-corrected chi connectivity index (χ3v) is 4.53. The molecule has 0 unspecified atom stereocenters. The average Bonchev–Trinajstić information content (AvgIpc) is 2.43. The Bertz CT molecular complexity index is 564. The SMILES string of the molecule is CNCc1cc(Cl)ccc1Sc1ccc(C(C)C)cc1. The van der Waals surface area contributed by atoms with Crippen molar-refractivity contribution >= 4 is 23.4 Å². The van der Waals surface area contributed by atoms with E-state index < -0.39 is 0 Å². The van der Waals surface area contributed by atoms with E-state index in [-0.39, 0.29) is 0 Å². The van der Waals surface area contributed by atoms with E-state index in [4.69, 9.17) is 11.6 Å². The van der Waals surface area contributed by atoms with E-state index in [0.29, 0.717) is 5.92 Å². The highest BCUT2D eigenvalue weighted by Crippen LogP contribution is 2.32. The quantitative estimate of drug-likeness (QED) is 0.801. The van der Waals surface area contributed by atoms with Gasteiger partial charge < -0.3 is 5.32 Å². The van der Waals surface area contributed by atoms with Crippen molar-refractivity contribution in [2.75, 3.05) is 7.05 Å². The molecular formula is C17H20ClNS. The Hall–Kier alpha value is -0.960. The first-order valence-electron chi connectivity index (χ1n) is 6.81. The van der Waals surface area contributed by atoms with E-state index in [1.54, 1.807) is 11.8 Å². The minimum Gasteiger partial charge on any atom is -0.316 e. The van der Waals surface area contributed by atoms with Crippen molar-refractivity contribution < 1.29 is 0 Å². The second-order valence-electron chi connectivity index (χ2n) is 5.11. The first-order valence-corrected chi connectivity index (χ1v) is 8.00. The fourth-order valence-corrected chi connectivity index (χ4v) is 3.14. The van der Waals surface area contributed by atoms with E-state index in [9.17, 15) is 0 Å². The molecule has 0 aliphatic heterocycles. The highest BCUT2D eigenvalue weighted by molar-refractivity contribution is 7.99. The molecule has 0 amide bonds. The first kappa shape index (κ1) is 15.4. The smallest absolute Gasteiger partial charge is 0.0410 e. The fraction of sp³-hybridized carbons (Fsp3) is 0.294. The maximum atomic E-state index is 6.07. The van der Waals surface area contributed by atoms with Gasteiger partial charge in [0.05, 0.1) is 0 Å². The van der Waals surface area contributed by atoms with Gasteiger partial charge in [0.25, 0.3) is 0 Å². The molecule has 0 aliphatic rings. The van der Waals surface area contributed by atoms with Crippen LogP contribution in [0.2, 0.25) is 5.02 Å². The van der Waals surface area contributed by atoms with Crippen LogP contribution in [0.5, 0.6) is 0 Å². The molecule has 0 fully saturated rings. The Morgan fingerprint density at radius 1 is 1.10 bits per heavy atom. The Balaban J connectivity index is 2.20. The number of halogens is 1. The van der Waals surface area contributed by atoms with E-state index in [2.05, 4.69) is 49.5 Å². The van der Waals surface area contributed by atoms with E-state index >= 15 is 0 Å². The largest absolute Gasteiger partial charge is 0.316 e. The second-order valence-corrected chi connectivity index (χ2v) is 6.66. The minimum atomic E-state index is 0.574. The minimum absolute atomic E-state index is 0.574. The lowest BCUT2D eigenvalue weighted by Crippen LogP contribution is -2.06. The average molecular weight is 306 g/mol. The summed E-state index contributed by atoms with van der Waals surface area (Å²) in [6, 6.07) is 14.9. The van der Waals surface area contributed by atoms with Crippen LogP contribution in [0.4, 0.5) is 0 Å². The molecule has 1 nitrogen and oxygen atoms in total. The molecule has 2 aromatic carbocycles. The second kappa shape index (κ2) is 7.16. The summed E-state index contributed by atoms with van der Waals surface area (Å²) in [5, 5.41) is 3.98. The van der Waals surface area contributed by atoms with Crippen molar-refractivity contribution in [1.82, 2.24) is 5.32 Å². The summed E-state index contributed by atoms with van der Waals surface area (Å²) in [6.07, 6.45) is 0. The summed E-state index contributed by atoms with van der Waals surface area (Å²) in [5.41, 5.74) is 2.61.